The van der Waals surface area contributed by atoms with Crippen LogP contribution in [0.3, 0.4) is 0 Å². The summed E-state index contributed by atoms with van der Waals surface area (Å²) in [5.74, 6) is 1.86. The molecule has 3 heterocycles. The molecule has 3 rings (SSSR count). The first-order valence-electron chi connectivity index (χ1n) is 10.8. The first-order valence-corrected chi connectivity index (χ1v) is 10.8. The van der Waals surface area contributed by atoms with Crippen molar-refractivity contribution in [1.29, 1.82) is 0 Å². The van der Waals surface area contributed by atoms with E-state index in [1.54, 1.807) is 0 Å². The molecule has 1 aromatic heterocycles. The highest BCUT2D eigenvalue weighted by molar-refractivity contribution is 5.78. The van der Waals surface area contributed by atoms with Gasteiger partial charge in [-0.3, -0.25) is 9.69 Å². The van der Waals surface area contributed by atoms with Crippen LogP contribution in [-0.4, -0.2) is 83.5 Å². The Morgan fingerprint density at radius 3 is 2.67 bits per heavy atom. The highest BCUT2D eigenvalue weighted by Gasteiger charge is 2.28. The van der Waals surface area contributed by atoms with Gasteiger partial charge in [0.2, 0.25) is 5.91 Å². The molecule has 6 heteroatoms. The monoisotopic (exact) mass is 375 g/mol. The molecule has 2 aliphatic heterocycles. The second-order valence-corrected chi connectivity index (χ2v) is 8.50. The van der Waals surface area contributed by atoms with E-state index in [9.17, 15) is 4.79 Å². The summed E-state index contributed by atoms with van der Waals surface area (Å²) in [5.41, 5.74) is 0. The van der Waals surface area contributed by atoms with Gasteiger partial charge < -0.3 is 14.4 Å². The van der Waals surface area contributed by atoms with Crippen molar-refractivity contribution < 1.29 is 4.79 Å². The number of nitrogens with zero attached hydrogens (tertiary/aromatic N) is 5. The van der Waals surface area contributed by atoms with E-state index < -0.39 is 0 Å². The van der Waals surface area contributed by atoms with Crippen molar-refractivity contribution >= 4 is 5.91 Å². The van der Waals surface area contributed by atoms with Crippen molar-refractivity contribution in [3.8, 4) is 0 Å². The number of imidazole rings is 1. The molecule has 27 heavy (non-hydrogen) atoms. The average Bonchev–Trinajstić information content (AvgIpc) is 2.97. The second-order valence-electron chi connectivity index (χ2n) is 8.50. The lowest BCUT2D eigenvalue weighted by Crippen LogP contribution is -2.45. The van der Waals surface area contributed by atoms with Crippen LogP contribution in [0.5, 0.6) is 0 Å². The number of carbonyl (C=O) groups is 1. The Bertz CT molecular complexity index is 577. The quantitative estimate of drug-likeness (QED) is 0.734. The normalized spacial score (nSPS) is 22.2. The highest BCUT2D eigenvalue weighted by atomic mass is 16.2. The van der Waals surface area contributed by atoms with E-state index in [2.05, 4.69) is 44.5 Å². The van der Waals surface area contributed by atoms with Gasteiger partial charge in [-0.2, -0.15) is 0 Å². The molecule has 0 aliphatic carbocycles. The van der Waals surface area contributed by atoms with Gasteiger partial charge in [0.1, 0.15) is 5.82 Å². The molecule has 0 aromatic carbocycles. The van der Waals surface area contributed by atoms with E-state index >= 15 is 0 Å². The van der Waals surface area contributed by atoms with Crippen LogP contribution in [0.2, 0.25) is 0 Å². The Balaban J connectivity index is 1.54. The van der Waals surface area contributed by atoms with Gasteiger partial charge in [0.05, 0.1) is 6.54 Å². The number of aryl methyl sites for hydroxylation is 1. The summed E-state index contributed by atoms with van der Waals surface area (Å²) in [6.07, 6.45) is 12.5. The minimum atomic E-state index is 0.312. The number of carbonyl (C=O) groups excluding carboxylic acids is 1. The number of likely N-dealkylation sites (tertiary alicyclic amines) is 2. The molecule has 152 valence electrons. The molecule has 2 saturated heterocycles. The maximum Gasteiger partial charge on any atom is 0.236 e. The molecule has 1 atom stereocenters. The molecule has 0 bridgehead atoms. The van der Waals surface area contributed by atoms with Gasteiger partial charge in [-0.05, 0) is 65.8 Å². The van der Waals surface area contributed by atoms with Gasteiger partial charge >= 0.3 is 0 Å². The van der Waals surface area contributed by atoms with E-state index in [1.807, 2.05) is 6.20 Å². The lowest BCUT2D eigenvalue weighted by Gasteiger charge is -2.34. The number of aromatic nitrogens is 2. The Morgan fingerprint density at radius 1 is 1.15 bits per heavy atom. The van der Waals surface area contributed by atoms with Gasteiger partial charge in [-0.15, -0.1) is 0 Å². The number of amides is 1. The lowest BCUT2D eigenvalue weighted by molar-refractivity contribution is -0.133. The topological polar surface area (TPSA) is 44.6 Å². The van der Waals surface area contributed by atoms with Crippen LogP contribution in [-0.2, 0) is 11.3 Å². The molecule has 2 fully saturated rings. The van der Waals surface area contributed by atoms with Gasteiger partial charge in [0.15, 0.2) is 0 Å². The van der Waals surface area contributed by atoms with Gasteiger partial charge in [0.25, 0.3) is 0 Å². The van der Waals surface area contributed by atoms with Gasteiger partial charge in [0, 0.05) is 37.9 Å². The van der Waals surface area contributed by atoms with Crippen LogP contribution in [0.1, 0.15) is 56.7 Å². The molecule has 2 aliphatic rings. The predicted molar refractivity (Wildman–Crippen MR) is 109 cm³/mol. The van der Waals surface area contributed by atoms with Crippen molar-refractivity contribution in [3.63, 3.8) is 0 Å². The van der Waals surface area contributed by atoms with Gasteiger partial charge in [-0.1, -0.05) is 12.8 Å². The van der Waals surface area contributed by atoms with E-state index in [1.165, 1.54) is 31.5 Å². The third-order valence-electron chi connectivity index (χ3n) is 5.95. The summed E-state index contributed by atoms with van der Waals surface area (Å²) < 4.78 is 2.30. The molecule has 6 nitrogen and oxygen atoms in total. The maximum absolute atomic E-state index is 12.9. The minimum Gasteiger partial charge on any atom is -0.341 e. The molecule has 1 aromatic rings. The minimum absolute atomic E-state index is 0.312. The van der Waals surface area contributed by atoms with E-state index in [-0.39, 0.29) is 0 Å². The average molecular weight is 376 g/mol. The Hall–Kier alpha value is -1.40. The number of rotatable bonds is 7. The number of hydrogen-bond donors (Lipinski definition) is 0. The molecule has 0 N–H and O–H groups in total. The summed E-state index contributed by atoms with van der Waals surface area (Å²) in [4.78, 5) is 24.2. The Morgan fingerprint density at radius 2 is 1.93 bits per heavy atom. The zero-order valence-electron chi connectivity index (χ0n) is 17.3. The zero-order valence-corrected chi connectivity index (χ0v) is 17.3. The summed E-state index contributed by atoms with van der Waals surface area (Å²) >= 11 is 0. The summed E-state index contributed by atoms with van der Waals surface area (Å²) in [6.45, 7) is 6.60. The fourth-order valence-electron chi connectivity index (χ4n) is 4.43. The van der Waals surface area contributed by atoms with Crippen LogP contribution >= 0.6 is 0 Å². The molecule has 0 radical (unpaired) electrons. The fraction of sp³-hybridized carbons (Fsp3) is 0.810. The van der Waals surface area contributed by atoms with Crippen molar-refractivity contribution in [2.24, 2.45) is 0 Å². The molecular weight excluding hydrogens is 338 g/mol. The summed E-state index contributed by atoms with van der Waals surface area (Å²) in [6, 6.07) is 0. The maximum atomic E-state index is 12.9. The Labute approximate surface area is 164 Å². The predicted octanol–water partition coefficient (Wildman–Crippen LogP) is 2.42. The van der Waals surface area contributed by atoms with Crippen LogP contribution in [0.15, 0.2) is 12.4 Å². The van der Waals surface area contributed by atoms with E-state index in [0.29, 0.717) is 18.4 Å². The number of hydrogen-bond acceptors (Lipinski definition) is 4. The van der Waals surface area contributed by atoms with Crippen LogP contribution in [0.4, 0.5) is 0 Å². The summed E-state index contributed by atoms with van der Waals surface area (Å²) in [5, 5.41) is 0. The first-order chi connectivity index (χ1) is 13.1. The molecule has 0 spiro atoms. The SMILES string of the molecule is CN(C)CCCn1ccnc1C1CCCN(C(=O)CN2CCCCCC2)C1. The number of piperidine rings is 1. The molecular formula is C21H37N5O. The van der Waals surface area contributed by atoms with Crippen molar-refractivity contribution in [2.75, 3.05) is 53.4 Å². The van der Waals surface area contributed by atoms with Crippen LogP contribution in [0, 0.1) is 0 Å². The van der Waals surface area contributed by atoms with E-state index in [0.717, 1.165) is 58.5 Å². The second kappa shape index (κ2) is 10.2. The van der Waals surface area contributed by atoms with Gasteiger partial charge in [-0.25, -0.2) is 4.98 Å². The third-order valence-corrected chi connectivity index (χ3v) is 5.95. The first kappa shape index (κ1) is 20.3. The largest absolute Gasteiger partial charge is 0.341 e. The molecule has 0 saturated carbocycles. The van der Waals surface area contributed by atoms with E-state index in [4.69, 9.17) is 0 Å². The van der Waals surface area contributed by atoms with Crippen molar-refractivity contribution in [1.82, 2.24) is 24.3 Å². The standard InChI is InChI=1S/C21H37N5O/c1-23(2)11-8-15-25-16-10-22-21(25)19-9-7-14-26(17-19)20(27)18-24-12-5-3-4-6-13-24/h10,16,19H,3-9,11-15,17-18H2,1-2H3. The molecule has 1 unspecified atom stereocenters. The van der Waals surface area contributed by atoms with Crippen LogP contribution in [0.25, 0.3) is 0 Å². The lowest BCUT2D eigenvalue weighted by atomic mass is 9.97. The highest BCUT2D eigenvalue weighted by Crippen LogP contribution is 2.26. The fourth-order valence-corrected chi connectivity index (χ4v) is 4.43. The van der Waals surface area contributed by atoms with Crippen molar-refractivity contribution in [3.05, 3.63) is 18.2 Å². The Kier molecular flexibility index (Phi) is 7.70. The molecule has 1 amide bonds. The van der Waals surface area contributed by atoms with Crippen molar-refractivity contribution in [2.45, 2.75) is 57.4 Å². The smallest absolute Gasteiger partial charge is 0.236 e. The summed E-state index contributed by atoms with van der Waals surface area (Å²) in [7, 11) is 4.23. The zero-order chi connectivity index (χ0) is 19.1. The third kappa shape index (κ3) is 6.04. The van der Waals surface area contributed by atoms with Crippen LogP contribution < -0.4 is 0 Å².